The first kappa shape index (κ1) is 23.7. The molecule has 1 aliphatic heterocycles. The number of carbonyl (C=O) groups is 1. The highest BCUT2D eigenvalue weighted by Gasteiger charge is 2.32. The number of carbonyl (C=O) groups excluding carboxylic acids is 1. The Morgan fingerprint density at radius 1 is 1.32 bits per heavy atom. The van der Waals surface area contributed by atoms with Crippen molar-refractivity contribution in [3.05, 3.63) is 51.7 Å². The van der Waals surface area contributed by atoms with Crippen LogP contribution in [0.15, 0.2) is 35.7 Å². The maximum atomic E-state index is 13.3. The van der Waals surface area contributed by atoms with Crippen LogP contribution in [0.4, 0.5) is 0 Å². The standard InChI is InChI=1S/C24H34N2O4S/c1-18-5-7-20(8-6-18)30-17-22-21-10-14-31-23(21)9-12-26(22)24(28)16-25(15-19(2)27)11-4-13-29-3/h5-8,10,14,19,22,27H,4,9,11-13,15-17H2,1-3H3/t19-,22-/m1/s1. The van der Waals surface area contributed by atoms with Crippen LogP contribution in [0.1, 0.15) is 35.4 Å². The fourth-order valence-corrected chi connectivity index (χ4v) is 4.94. The highest BCUT2D eigenvalue weighted by Crippen LogP contribution is 2.34. The van der Waals surface area contributed by atoms with Crippen molar-refractivity contribution in [1.29, 1.82) is 0 Å². The van der Waals surface area contributed by atoms with Gasteiger partial charge in [0.2, 0.25) is 5.91 Å². The summed E-state index contributed by atoms with van der Waals surface area (Å²) < 4.78 is 11.2. The van der Waals surface area contributed by atoms with E-state index < -0.39 is 6.10 Å². The fourth-order valence-electron chi connectivity index (χ4n) is 4.01. The average molecular weight is 447 g/mol. The third kappa shape index (κ3) is 6.77. The highest BCUT2D eigenvalue weighted by molar-refractivity contribution is 7.10. The third-order valence-corrected chi connectivity index (χ3v) is 6.54. The zero-order valence-corrected chi connectivity index (χ0v) is 19.6. The van der Waals surface area contributed by atoms with E-state index in [9.17, 15) is 9.90 Å². The molecule has 0 bridgehead atoms. The van der Waals surface area contributed by atoms with Gasteiger partial charge in [0.15, 0.2) is 0 Å². The first-order valence-corrected chi connectivity index (χ1v) is 11.8. The predicted molar refractivity (Wildman–Crippen MR) is 124 cm³/mol. The summed E-state index contributed by atoms with van der Waals surface area (Å²) in [6.07, 6.45) is 1.21. The molecule has 3 rings (SSSR count). The molecule has 1 amide bonds. The third-order valence-electron chi connectivity index (χ3n) is 5.55. The van der Waals surface area contributed by atoms with Gasteiger partial charge in [0.25, 0.3) is 0 Å². The van der Waals surface area contributed by atoms with E-state index in [2.05, 4.69) is 18.4 Å². The van der Waals surface area contributed by atoms with Crippen molar-refractivity contribution >= 4 is 17.2 Å². The summed E-state index contributed by atoms with van der Waals surface area (Å²) in [6, 6.07) is 10.0. The number of ether oxygens (including phenoxy) is 2. The zero-order chi connectivity index (χ0) is 22.2. The molecule has 1 aromatic carbocycles. The summed E-state index contributed by atoms with van der Waals surface area (Å²) in [5.41, 5.74) is 2.38. The average Bonchev–Trinajstić information content (AvgIpc) is 3.22. The molecule has 0 saturated heterocycles. The van der Waals surface area contributed by atoms with Crippen molar-refractivity contribution in [3.63, 3.8) is 0 Å². The first-order valence-electron chi connectivity index (χ1n) is 10.9. The number of benzene rings is 1. The molecule has 31 heavy (non-hydrogen) atoms. The summed E-state index contributed by atoms with van der Waals surface area (Å²) in [5.74, 6) is 0.892. The molecule has 2 heterocycles. The van der Waals surface area contributed by atoms with Crippen LogP contribution in [0.25, 0.3) is 0 Å². The molecule has 7 heteroatoms. The van der Waals surface area contributed by atoms with Crippen LogP contribution < -0.4 is 4.74 Å². The molecule has 1 aliphatic rings. The largest absolute Gasteiger partial charge is 0.491 e. The van der Waals surface area contributed by atoms with E-state index in [4.69, 9.17) is 9.47 Å². The Bertz CT molecular complexity index is 821. The summed E-state index contributed by atoms with van der Waals surface area (Å²) in [5, 5.41) is 12.0. The molecule has 0 fully saturated rings. The number of nitrogens with zero attached hydrogens (tertiary/aromatic N) is 2. The number of aryl methyl sites for hydroxylation is 1. The second-order valence-corrected chi connectivity index (χ2v) is 9.21. The SMILES string of the molecule is COCCCN(CC(=O)N1CCc2sccc2[C@H]1COc1ccc(C)cc1)C[C@@H](C)O. The minimum Gasteiger partial charge on any atom is -0.491 e. The normalized spacial score (nSPS) is 16.9. The minimum atomic E-state index is -0.485. The van der Waals surface area contributed by atoms with Crippen LogP contribution in [-0.4, -0.2) is 73.4 Å². The summed E-state index contributed by atoms with van der Waals surface area (Å²) in [7, 11) is 1.68. The van der Waals surface area contributed by atoms with Gasteiger partial charge in [-0.3, -0.25) is 9.69 Å². The van der Waals surface area contributed by atoms with Crippen molar-refractivity contribution in [2.75, 3.05) is 46.5 Å². The van der Waals surface area contributed by atoms with Gasteiger partial charge in [-0.15, -0.1) is 11.3 Å². The lowest BCUT2D eigenvalue weighted by molar-refractivity contribution is -0.136. The van der Waals surface area contributed by atoms with E-state index >= 15 is 0 Å². The molecule has 2 atom stereocenters. The number of amides is 1. The van der Waals surface area contributed by atoms with Gasteiger partial charge in [-0.25, -0.2) is 0 Å². The van der Waals surface area contributed by atoms with Crippen molar-refractivity contribution in [1.82, 2.24) is 9.80 Å². The van der Waals surface area contributed by atoms with E-state index in [1.807, 2.05) is 34.1 Å². The number of thiophene rings is 1. The summed E-state index contributed by atoms with van der Waals surface area (Å²) >= 11 is 1.75. The number of aliphatic hydroxyl groups is 1. The number of rotatable bonds is 11. The van der Waals surface area contributed by atoms with Gasteiger partial charge in [0.05, 0.1) is 18.7 Å². The minimum absolute atomic E-state index is 0.0763. The topological polar surface area (TPSA) is 62.2 Å². The molecule has 2 aromatic rings. The van der Waals surface area contributed by atoms with Gasteiger partial charge in [0.1, 0.15) is 12.4 Å². The lowest BCUT2D eigenvalue weighted by Crippen LogP contribution is -2.47. The van der Waals surface area contributed by atoms with Crippen molar-refractivity contribution in [3.8, 4) is 5.75 Å². The van der Waals surface area contributed by atoms with E-state index in [1.54, 1.807) is 25.4 Å². The van der Waals surface area contributed by atoms with Crippen LogP contribution in [0, 0.1) is 6.92 Å². The van der Waals surface area contributed by atoms with Crippen LogP contribution >= 0.6 is 11.3 Å². The fraction of sp³-hybridized carbons (Fsp3) is 0.542. The molecule has 1 N–H and O–H groups in total. The van der Waals surface area contributed by atoms with E-state index in [-0.39, 0.29) is 18.5 Å². The predicted octanol–water partition coefficient (Wildman–Crippen LogP) is 3.28. The molecule has 0 saturated carbocycles. The quantitative estimate of drug-likeness (QED) is 0.537. The Morgan fingerprint density at radius 3 is 2.81 bits per heavy atom. The van der Waals surface area contributed by atoms with Crippen molar-refractivity contribution in [2.24, 2.45) is 0 Å². The van der Waals surface area contributed by atoms with Crippen LogP contribution in [0.2, 0.25) is 0 Å². The van der Waals surface area contributed by atoms with Crippen LogP contribution in [-0.2, 0) is 16.0 Å². The Balaban J connectivity index is 1.70. The number of aliphatic hydroxyl groups excluding tert-OH is 1. The molecule has 6 nitrogen and oxygen atoms in total. The molecule has 1 aromatic heterocycles. The highest BCUT2D eigenvalue weighted by atomic mass is 32.1. The first-order chi connectivity index (χ1) is 15.0. The lowest BCUT2D eigenvalue weighted by atomic mass is 10.0. The smallest absolute Gasteiger partial charge is 0.237 e. The number of hydrogen-bond donors (Lipinski definition) is 1. The van der Waals surface area contributed by atoms with Crippen LogP contribution in [0.5, 0.6) is 5.75 Å². The van der Waals surface area contributed by atoms with Gasteiger partial charge in [-0.05, 0) is 55.8 Å². The molecule has 0 spiro atoms. The molecular formula is C24H34N2O4S. The van der Waals surface area contributed by atoms with Gasteiger partial charge in [0, 0.05) is 38.2 Å². The van der Waals surface area contributed by atoms with Crippen LogP contribution in [0.3, 0.4) is 0 Å². The van der Waals surface area contributed by atoms with Crippen molar-refractivity contribution in [2.45, 2.75) is 38.8 Å². The number of fused-ring (bicyclic) bond motifs is 1. The summed E-state index contributed by atoms with van der Waals surface area (Å²) in [4.78, 5) is 18.6. The van der Waals surface area contributed by atoms with Gasteiger partial charge >= 0.3 is 0 Å². The lowest BCUT2D eigenvalue weighted by Gasteiger charge is -2.37. The Labute approximate surface area is 189 Å². The monoisotopic (exact) mass is 446 g/mol. The maximum Gasteiger partial charge on any atom is 0.237 e. The molecule has 170 valence electrons. The zero-order valence-electron chi connectivity index (χ0n) is 18.8. The second-order valence-electron chi connectivity index (χ2n) is 8.21. The Hall–Kier alpha value is -1.93. The number of methoxy groups -OCH3 is 1. The van der Waals surface area contributed by atoms with E-state index in [1.165, 1.54) is 16.0 Å². The Morgan fingerprint density at radius 2 is 2.10 bits per heavy atom. The maximum absolute atomic E-state index is 13.3. The second kappa shape index (κ2) is 11.6. The molecular weight excluding hydrogens is 412 g/mol. The van der Waals surface area contributed by atoms with Crippen molar-refractivity contribution < 1.29 is 19.4 Å². The van der Waals surface area contributed by atoms with E-state index in [0.717, 1.165) is 18.6 Å². The summed E-state index contributed by atoms with van der Waals surface area (Å²) in [6.45, 7) is 7.03. The molecule has 0 aliphatic carbocycles. The number of hydrogen-bond acceptors (Lipinski definition) is 6. The van der Waals surface area contributed by atoms with Gasteiger partial charge in [-0.1, -0.05) is 17.7 Å². The molecule has 0 radical (unpaired) electrons. The Kier molecular flexibility index (Phi) is 8.90. The molecule has 0 unspecified atom stereocenters. The van der Waals surface area contributed by atoms with E-state index in [0.29, 0.717) is 32.8 Å². The van der Waals surface area contributed by atoms with Gasteiger partial charge < -0.3 is 19.5 Å². The van der Waals surface area contributed by atoms with Gasteiger partial charge in [-0.2, -0.15) is 0 Å².